The Bertz CT molecular complexity index is 558. The summed E-state index contributed by atoms with van der Waals surface area (Å²) in [5.74, 6) is 1.78. The monoisotopic (exact) mass is 264 g/mol. The van der Waals surface area contributed by atoms with Crippen molar-refractivity contribution in [3.63, 3.8) is 0 Å². The van der Waals surface area contributed by atoms with E-state index in [0.29, 0.717) is 18.1 Å². The normalized spacial score (nSPS) is 12.5. The van der Waals surface area contributed by atoms with E-state index in [1.807, 2.05) is 26.0 Å². The number of rotatable bonds is 6. The van der Waals surface area contributed by atoms with E-state index in [4.69, 9.17) is 8.83 Å². The van der Waals surface area contributed by atoms with Crippen LogP contribution in [0, 0.1) is 10.1 Å². The lowest BCUT2D eigenvalue weighted by Crippen LogP contribution is -2.21. The summed E-state index contributed by atoms with van der Waals surface area (Å²) in [6.07, 6.45) is 0.803. The second-order valence-electron chi connectivity index (χ2n) is 4.08. The maximum atomic E-state index is 10.6. The van der Waals surface area contributed by atoms with Gasteiger partial charge in [0.1, 0.15) is 28.2 Å². The molecule has 6 heteroatoms. The zero-order valence-corrected chi connectivity index (χ0v) is 10.9. The molecule has 6 nitrogen and oxygen atoms in total. The average Bonchev–Trinajstić information content (AvgIpc) is 3.05. The van der Waals surface area contributed by atoms with E-state index >= 15 is 0 Å². The highest BCUT2D eigenvalue weighted by Gasteiger charge is 2.23. The van der Waals surface area contributed by atoms with Gasteiger partial charge in [0.25, 0.3) is 0 Å². The maximum absolute atomic E-state index is 10.6. The quantitative estimate of drug-likeness (QED) is 0.640. The van der Waals surface area contributed by atoms with Crippen molar-refractivity contribution in [1.82, 2.24) is 5.32 Å². The highest BCUT2D eigenvalue weighted by Crippen LogP contribution is 2.28. The van der Waals surface area contributed by atoms with Crippen LogP contribution in [-0.2, 0) is 6.42 Å². The third-order valence-corrected chi connectivity index (χ3v) is 2.80. The van der Waals surface area contributed by atoms with Gasteiger partial charge < -0.3 is 14.2 Å². The first-order valence-corrected chi connectivity index (χ1v) is 6.21. The van der Waals surface area contributed by atoms with Crippen LogP contribution in [0.4, 0.5) is 5.88 Å². The molecule has 0 saturated heterocycles. The van der Waals surface area contributed by atoms with Gasteiger partial charge in [0.05, 0.1) is 6.07 Å². The summed E-state index contributed by atoms with van der Waals surface area (Å²) in [6, 6.07) is 6.40. The largest absolute Gasteiger partial charge is 0.464 e. The van der Waals surface area contributed by atoms with Crippen LogP contribution in [0.2, 0.25) is 0 Å². The summed E-state index contributed by atoms with van der Waals surface area (Å²) in [7, 11) is 0. The van der Waals surface area contributed by atoms with Crippen LogP contribution in [0.25, 0.3) is 0 Å². The third kappa shape index (κ3) is 2.85. The van der Waals surface area contributed by atoms with Crippen LogP contribution in [0.1, 0.15) is 37.2 Å². The van der Waals surface area contributed by atoms with Gasteiger partial charge in [-0.05, 0) is 24.7 Å². The molecule has 0 amide bonds. The number of furan rings is 2. The fraction of sp³-hybridized carbons (Fsp3) is 0.385. The van der Waals surface area contributed by atoms with Gasteiger partial charge in [0.2, 0.25) is 0 Å². The summed E-state index contributed by atoms with van der Waals surface area (Å²) in [6.45, 7) is 4.65. The molecule has 1 N–H and O–H groups in total. The molecule has 1 unspecified atom stereocenters. The Morgan fingerprint density at radius 3 is 2.42 bits per heavy atom. The molecule has 0 aliphatic rings. The first kappa shape index (κ1) is 13.4. The van der Waals surface area contributed by atoms with E-state index in [-0.39, 0.29) is 11.9 Å². The summed E-state index contributed by atoms with van der Waals surface area (Å²) in [5.41, 5.74) is 0. The molecule has 102 valence electrons. The standard InChI is InChI=1S/C13H16N2O4/c1-3-9-5-6-10(18-9)13(14-4-2)11-7-8-12(19-11)15(16)17/h5-8,13-14H,3-4H2,1-2H3. The molecular formula is C13H16N2O4. The molecule has 2 heterocycles. The third-order valence-electron chi connectivity index (χ3n) is 2.80. The second kappa shape index (κ2) is 5.71. The fourth-order valence-corrected chi connectivity index (χ4v) is 1.88. The number of nitro groups is 1. The number of hydrogen-bond donors (Lipinski definition) is 1. The molecule has 19 heavy (non-hydrogen) atoms. The molecular weight excluding hydrogens is 248 g/mol. The van der Waals surface area contributed by atoms with Crippen LogP contribution >= 0.6 is 0 Å². The summed E-state index contributed by atoms with van der Waals surface area (Å²) < 4.78 is 10.9. The first-order chi connectivity index (χ1) is 9.15. The van der Waals surface area contributed by atoms with E-state index in [2.05, 4.69) is 5.32 Å². The van der Waals surface area contributed by atoms with Crippen molar-refractivity contribution >= 4 is 5.88 Å². The SMILES string of the molecule is CCNC(c1ccc(CC)o1)c1ccc([N+](=O)[O-])o1. The number of nitrogens with one attached hydrogen (secondary N) is 1. The Kier molecular flexibility index (Phi) is 4.01. The van der Waals surface area contributed by atoms with Gasteiger partial charge >= 0.3 is 5.88 Å². The number of hydrogen-bond acceptors (Lipinski definition) is 5. The van der Waals surface area contributed by atoms with E-state index < -0.39 is 4.92 Å². The van der Waals surface area contributed by atoms with Crippen molar-refractivity contribution in [3.8, 4) is 0 Å². The van der Waals surface area contributed by atoms with E-state index in [9.17, 15) is 10.1 Å². The van der Waals surface area contributed by atoms with Crippen LogP contribution in [0.15, 0.2) is 33.1 Å². The maximum Gasteiger partial charge on any atom is 0.433 e. The van der Waals surface area contributed by atoms with Crippen LogP contribution in [0.5, 0.6) is 0 Å². The molecule has 0 aliphatic heterocycles. The molecule has 0 bridgehead atoms. The van der Waals surface area contributed by atoms with Crippen LogP contribution in [-0.4, -0.2) is 11.5 Å². The van der Waals surface area contributed by atoms with Gasteiger partial charge in [0, 0.05) is 6.42 Å². The zero-order chi connectivity index (χ0) is 13.8. The van der Waals surface area contributed by atoms with Crippen molar-refractivity contribution in [2.24, 2.45) is 0 Å². The van der Waals surface area contributed by atoms with Gasteiger partial charge in [-0.1, -0.05) is 13.8 Å². The van der Waals surface area contributed by atoms with Crippen molar-refractivity contribution in [3.05, 3.63) is 51.7 Å². The van der Waals surface area contributed by atoms with Crippen molar-refractivity contribution in [2.45, 2.75) is 26.3 Å². The van der Waals surface area contributed by atoms with Gasteiger partial charge in [-0.2, -0.15) is 0 Å². The Morgan fingerprint density at radius 1 is 1.21 bits per heavy atom. The first-order valence-electron chi connectivity index (χ1n) is 6.21. The second-order valence-corrected chi connectivity index (χ2v) is 4.08. The Labute approximate surface area is 110 Å². The van der Waals surface area contributed by atoms with E-state index in [0.717, 1.165) is 12.2 Å². The lowest BCUT2D eigenvalue weighted by atomic mass is 10.1. The molecule has 0 aliphatic carbocycles. The molecule has 2 aromatic heterocycles. The Hall–Kier alpha value is -2.08. The van der Waals surface area contributed by atoms with Gasteiger partial charge in [-0.25, -0.2) is 0 Å². The molecule has 1 atom stereocenters. The summed E-state index contributed by atoms with van der Waals surface area (Å²) in [4.78, 5) is 10.1. The smallest absolute Gasteiger partial charge is 0.433 e. The van der Waals surface area contributed by atoms with Gasteiger partial charge in [-0.3, -0.25) is 10.1 Å². The minimum atomic E-state index is -0.549. The molecule has 0 aromatic carbocycles. The highest BCUT2D eigenvalue weighted by atomic mass is 16.6. The van der Waals surface area contributed by atoms with Gasteiger partial charge in [-0.15, -0.1) is 0 Å². The minimum Gasteiger partial charge on any atom is -0.464 e. The number of aryl methyl sites for hydroxylation is 1. The van der Waals surface area contributed by atoms with Crippen molar-refractivity contribution in [1.29, 1.82) is 0 Å². The molecule has 2 rings (SSSR count). The minimum absolute atomic E-state index is 0.264. The molecule has 0 spiro atoms. The Morgan fingerprint density at radius 2 is 1.89 bits per heavy atom. The topological polar surface area (TPSA) is 81.5 Å². The van der Waals surface area contributed by atoms with Crippen LogP contribution < -0.4 is 5.32 Å². The van der Waals surface area contributed by atoms with E-state index in [1.165, 1.54) is 6.07 Å². The molecule has 0 fully saturated rings. The lowest BCUT2D eigenvalue weighted by Gasteiger charge is -2.12. The van der Waals surface area contributed by atoms with E-state index in [1.54, 1.807) is 6.07 Å². The summed E-state index contributed by atoms with van der Waals surface area (Å²) >= 11 is 0. The molecule has 2 aromatic rings. The Balaban J connectivity index is 2.30. The lowest BCUT2D eigenvalue weighted by molar-refractivity contribution is -0.402. The molecule has 0 saturated carbocycles. The predicted molar refractivity (Wildman–Crippen MR) is 69.0 cm³/mol. The molecule has 0 radical (unpaired) electrons. The van der Waals surface area contributed by atoms with Crippen LogP contribution in [0.3, 0.4) is 0 Å². The summed E-state index contributed by atoms with van der Waals surface area (Å²) in [5, 5.41) is 13.8. The fourth-order valence-electron chi connectivity index (χ4n) is 1.88. The highest BCUT2D eigenvalue weighted by molar-refractivity contribution is 5.25. The predicted octanol–water partition coefficient (Wildman–Crippen LogP) is 3.04. The van der Waals surface area contributed by atoms with Crippen molar-refractivity contribution < 1.29 is 13.8 Å². The number of nitrogens with zero attached hydrogens (tertiary/aromatic N) is 1. The average molecular weight is 264 g/mol. The zero-order valence-electron chi connectivity index (χ0n) is 10.9. The van der Waals surface area contributed by atoms with Gasteiger partial charge in [0.15, 0.2) is 0 Å². The van der Waals surface area contributed by atoms with Crippen molar-refractivity contribution in [2.75, 3.05) is 6.54 Å².